The van der Waals surface area contributed by atoms with Crippen molar-refractivity contribution in [1.29, 1.82) is 0 Å². The summed E-state index contributed by atoms with van der Waals surface area (Å²) in [6.07, 6.45) is 1.89. The SMILES string of the molecule is Cc1ccc(CNC(=O)c2ccc3c(c2)CCCN3Cc2ccc(-c3ccccc3C(=O)O)cc2)cc1F. The Balaban J connectivity index is 1.27. The predicted molar refractivity (Wildman–Crippen MR) is 147 cm³/mol. The zero-order valence-corrected chi connectivity index (χ0v) is 21.2. The molecule has 1 aliphatic rings. The Morgan fingerprint density at radius 3 is 2.47 bits per heavy atom. The highest BCUT2D eigenvalue weighted by Crippen LogP contribution is 2.30. The number of nitrogens with zero attached hydrogens (tertiary/aromatic N) is 1. The zero-order chi connectivity index (χ0) is 26.6. The van der Waals surface area contributed by atoms with Crippen molar-refractivity contribution < 1.29 is 19.1 Å². The van der Waals surface area contributed by atoms with Gasteiger partial charge in [-0.15, -0.1) is 0 Å². The molecule has 4 aromatic rings. The minimum Gasteiger partial charge on any atom is -0.478 e. The van der Waals surface area contributed by atoms with E-state index in [1.54, 1.807) is 25.1 Å². The molecule has 0 fully saturated rings. The highest BCUT2D eigenvalue weighted by molar-refractivity contribution is 5.96. The standard InChI is InChI=1S/C32H29FN2O3/c1-21-8-9-23(17-29(21)33)19-34-31(36)26-14-15-30-25(18-26)5-4-16-35(30)20-22-10-12-24(13-11-22)27-6-2-3-7-28(27)32(37)38/h2-3,6-15,17-18H,4-5,16,19-20H2,1H3,(H,34,36)(H,37,38). The highest BCUT2D eigenvalue weighted by Gasteiger charge is 2.19. The number of carbonyl (C=O) groups is 2. The summed E-state index contributed by atoms with van der Waals surface area (Å²) in [6.45, 7) is 3.62. The van der Waals surface area contributed by atoms with Crippen LogP contribution in [0.25, 0.3) is 11.1 Å². The van der Waals surface area contributed by atoms with Crippen LogP contribution in [-0.4, -0.2) is 23.5 Å². The molecule has 5 nitrogen and oxygen atoms in total. The van der Waals surface area contributed by atoms with Crippen LogP contribution in [0.4, 0.5) is 10.1 Å². The Morgan fingerprint density at radius 2 is 1.71 bits per heavy atom. The Bertz CT molecular complexity index is 1500. The summed E-state index contributed by atoms with van der Waals surface area (Å²) >= 11 is 0. The van der Waals surface area contributed by atoms with Crippen LogP contribution in [-0.2, 0) is 19.5 Å². The molecule has 0 atom stereocenters. The number of rotatable bonds is 7. The molecule has 1 amide bonds. The summed E-state index contributed by atoms with van der Waals surface area (Å²) in [7, 11) is 0. The number of halogens is 1. The molecule has 1 heterocycles. The third-order valence-electron chi connectivity index (χ3n) is 7.04. The van der Waals surface area contributed by atoms with Crippen LogP contribution in [0, 0.1) is 12.7 Å². The van der Waals surface area contributed by atoms with Gasteiger partial charge in [0.1, 0.15) is 5.82 Å². The molecule has 0 spiro atoms. The summed E-state index contributed by atoms with van der Waals surface area (Å²) in [5, 5.41) is 12.4. The second-order valence-corrected chi connectivity index (χ2v) is 9.68. The zero-order valence-electron chi connectivity index (χ0n) is 21.2. The average Bonchev–Trinajstić information content (AvgIpc) is 2.94. The number of anilines is 1. The fourth-order valence-corrected chi connectivity index (χ4v) is 4.94. The van der Waals surface area contributed by atoms with Crippen LogP contribution in [0.3, 0.4) is 0 Å². The minimum atomic E-state index is -0.938. The fraction of sp³-hybridized carbons (Fsp3) is 0.188. The average molecular weight is 509 g/mol. The molecule has 1 aliphatic heterocycles. The molecule has 5 rings (SSSR count). The van der Waals surface area contributed by atoms with Crippen molar-refractivity contribution in [3.05, 3.63) is 124 Å². The van der Waals surface area contributed by atoms with E-state index in [-0.39, 0.29) is 23.8 Å². The van der Waals surface area contributed by atoms with Crippen molar-refractivity contribution in [3.63, 3.8) is 0 Å². The first-order chi connectivity index (χ1) is 18.4. The van der Waals surface area contributed by atoms with Gasteiger partial charge in [0.25, 0.3) is 5.91 Å². The van der Waals surface area contributed by atoms with Gasteiger partial charge in [-0.1, -0.05) is 54.6 Å². The maximum atomic E-state index is 13.8. The van der Waals surface area contributed by atoms with E-state index < -0.39 is 5.97 Å². The number of carboxylic acid groups (broad SMARTS) is 1. The van der Waals surface area contributed by atoms with Gasteiger partial charge >= 0.3 is 5.97 Å². The van der Waals surface area contributed by atoms with Crippen LogP contribution < -0.4 is 10.2 Å². The number of hydrogen-bond acceptors (Lipinski definition) is 3. The summed E-state index contributed by atoms with van der Waals surface area (Å²) in [6, 6.07) is 25.8. The van der Waals surface area contributed by atoms with Gasteiger partial charge in [0.15, 0.2) is 0 Å². The smallest absolute Gasteiger partial charge is 0.336 e. The van der Waals surface area contributed by atoms with Crippen LogP contribution >= 0.6 is 0 Å². The van der Waals surface area contributed by atoms with Crippen LogP contribution in [0.2, 0.25) is 0 Å². The van der Waals surface area contributed by atoms with Crippen molar-refractivity contribution in [2.24, 2.45) is 0 Å². The molecular formula is C32H29FN2O3. The number of carbonyl (C=O) groups excluding carboxylic acids is 1. The van der Waals surface area contributed by atoms with Crippen molar-refractivity contribution in [2.45, 2.75) is 32.9 Å². The number of aromatic carboxylic acids is 1. The molecule has 0 aromatic heterocycles. The maximum absolute atomic E-state index is 13.8. The van der Waals surface area contributed by atoms with Gasteiger partial charge in [0, 0.05) is 30.9 Å². The Morgan fingerprint density at radius 1 is 0.947 bits per heavy atom. The number of fused-ring (bicyclic) bond motifs is 1. The molecule has 0 unspecified atom stereocenters. The van der Waals surface area contributed by atoms with Gasteiger partial charge in [-0.2, -0.15) is 0 Å². The Labute approximate surface area is 221 Å². The minimum absolute atomic E-state index is 0.178. The third kappa shape index (κ3) is 5.44. The Hall–Kier alpha value is -4.45. The van der Waals surface area contributed by atoms with E-state index in [9.17, 15) is 19.1 Å². The second kappa shape index (κ2) is 10.9. The first-order valence-electron chi connectivity index (χ1n) is 12.7. The maximum Gasteiger partial charge on any atom is 0.336 e. The molecule has 0 aliphatic carbocycles. The number of aryl methyl sites for hydroxylation is 2. The fourth-order valence-electron chi connectivity index (χ4n) is 4.94. The summed E-state index contributed by atoms with van der Waals surface area (Å²) < 4.78 is 13.8. The van der Waals surface area contributed by atoms with Gasteiger partial charge in [-0.25, -0.2) is 9.18 Å². The normalized spacial score (nSPS) is 12.6. The van der Waals surface area contributed by atoms with E-state index in [2.05, 4.69) is 10.2 Å². The lowest BCUT2D eigenvalue weighted by atomic mass is 9.97. The lowest BCUT2D eigenvalue weighted by Crippen LogP contribution is -2.29. The van der Waals surface area contributed by atoms with Gasteiger partial charge < -0.3 is 15.3 Å². The Kier molecular flexibility index (Phi) is 7.22. The summed E-state index contributed by atoms with van der Waals surface area (Å²) in [4.78, 5) is 26.7. The quantitative estimate of drug-likeness (QED) is 0.304. The molecule has 0 bridgehead atoms. The molecule has 0 saturated heterocycles. The number of hydrogen-bond donors (Lipinski definition) is 2. The molecule has 38 heavy (non-hydrogen) atoms. The molecule has 2 N–H and O–H groups in total. The molecular weight excluding hydrogens is 479 g/mol. The number of amides is 1. The largest absolute Gasteiger partial charge is 0.478 e. The van der Waals surface area contributed by atoms with Crippen molar-refractivity contribution >= 4 is 17.6 Å². The van der Waals surface area contributed by atoms with E-state index in [1.807, 2.05) is 60.7 Å². The molecule has 6 heteroatoms. The monoisotopic (exact) mass is 508 g/mol. The lowest BCUT2D eigenvalue weighted by Gasteiger charge is -2.31. The molecule has 0 radical (unpaired) electrons. The summed E-state index contributed by atoms with van der Waals surface area (Å²) in [5.74, 6) is -1.39. The first kappa shape index (κ1) is 25.2. The topological polar surface area (TPSA) is 69.6 Å². The van der Waals surface area contributed by atoms with Crippen molar-refractivity contribution in [3.8, 4) is 11.1 Å². The molecule has 0 saturated carbocycles. The second-order valence-electron chi connectivity index (χ2n) is 9.68. The third-order valence-corrected chi connectivity index (χ3v) is 7.04. The number of carboxylic acids is 1. The predicted octanol–water partition coefficient (Wildman–Crippen LogP) is 6.38. The summed E-state index contributed by atoms with van der Waals surface area (Å²) in [5.41, 5.74) is 7.15. The van der Waals surface area contributed by atoms with Gasteiger partial charge in [0.2, 0.25) is 0 Å². The molecule has 192 valence electrons. The van der Waals surface area contributed by atoms with E-state index in [0.29, 0.717) is 16.7 Å². The van der Waals surface area contributed by atoms with E-state index >= 15 is 0 Å². The van der Waals surface area contributed by atoms with E-state index in [0.717, 1.165) is 53.9 Å². The lowest BCUT2D eigenvalue weighted by molar-refractivity contribution is 0.0697. The first-order valence-corrected chi connectivity index (χ1v) is 12.7. The number of benzene rings is 4. The molecule has 4 aromatic carbocycles. The van der Waals surface area contributed by atoms with Gasteiger partial charge in [-0.3, -0.25) is 4.79 Å². The van der Waals surface area contributed by atoms with Crippen LogP contribution in [0.1, 0.15) is 49.4 Å². The van der Waals surface area contributed by atoms with Crippen LogP contribution in [0.15, 0.2) is 84.9 Å². The van der Waals surface area contributed by atoms with Gasteiger partial charge in [-0.05, 0) is 83.5 Å². The highest BCUT2D eigenvalue weighted by atomic mass is 19.1. The number of nitrogens with one attached hydrogen (secondary N) is 1. The van der Waals surface area contributed by atoms with Crippen molar-refractivity contribution in [2.75, 3.05) is 11.4 Å². The van der Waals surface area contributed by atoms with Crippen LogP contribution in [0.5, 0.6) is 0 Å². The van der Waals surface area contributed by atoms with Crippen molar-refractivity contribution in [1.82, 2.24) is 5.32 Å². The van der Waals surface area contributed by atoms with E-state index in [1.165, 1.54) is 6.07 Å². The van der Waals surface area contributed by atoms with E-state index in [4.69, 9.17) is 0 Å². The van der Waals surface area contributed by atoms with Gasteiger partial charge in [0.05, 0.1) is 5.56 Å².